The van der Waals surface area contributed by atoms with E-state index in [1.807, 2.05) is 24.4 Å². The van der Waals surface area contributed by atoms with Crippen molar-refractivity contribution in [2.24, 2.45) is 0 Å². The number of nitrogens with zero attached hydrogens (tertiary/aromatic N) is 2. The van der Waals surface area contributed by atoms with E-state index >= 15 is 0 Å². The molecule has 0 aliphatic rings. The molecule has 0 bridgehead atoms. The van der Waals surface area contributed by atoms with Gasteiger partial charge in [-0.25, -0.2) is 4.98 Å². The highest BCUT2D eigenvalue weighted by Gasteiger charge is 2.12. The van der Waals surface area contributed by atoms with E-state index in [1.165, 1.54) is 10.9 Å². The maximum Gasteiger partial charge on any atom is 0.143 e. The van der Waals surface area contributed by atoms with Crippen molar-refractivity contribution in [1.82, 2.24) is 9.38 Å². The van der Waals surface area contributed by atoms with Crippen LogP contribution in [0.15, 0.2) is 114 Å². The predicted octanol–water partition coefficient (Wildman–Crippen LogP) is 7.72. The molecule has 4 aromatic carbocycles. The molecule has 0 spiro atoms. The van der Waals surface area contributed by atoms with E-state index in [-0.39, 0.29) is 0 Å². The first kappa shape index (κ1) is 17.3. The van der Waals surface area contributed by atoms with E-state index in [0.717, 1.165) is 49.8 Å². The van der Waals surface area contributed by atoms with Gasteiger partial charge in [-0.1, -0.05) is 60.7 Å². The van der Waals surface area contributed by atoms with E-state index < -0.39 is 0 Å². The molecule has 0 fully saturated rings. The molecular weight excluding hydrogens is 392 g/mol. The molecule has 7 rings (SSSR count). The van der Waals surface area contributed by atoms with Crippen molar-refractivity contribution < 1.29 is 4.42 Å². The number of fused-ring (bicyclic) bond motifs is 6. The first-order valence-corrected chi connectivity index (χ1v) is 10.7. The maximum atomic E-state index is 6.27. The molecule has 0 aliphatic carbocycles. The normalized spacial score (nSPS) is 11.8. The first-order valence-electron chi connectivity index (χ1n) is 10.7. The lowest BCUT2D eigenvalue weighted by Gasteiger charge is -2.04. The van der Waals surface area contributed by atoms with Gasteiger partial charge in [-0.3, -0.25) is 0 Å². The third-order valence-corrected chi connectivity index (χ3v) is 6.22. The molecule has 7 aromatic rings. The van der Waals surface area contributed by atoms with Crippen LogP contribution in [-0.2, 0) is 0 Å². The average molecular weight is 410 g/mol. The van der Waals surface area contributed by atoms with Gasteiger partial charge >= 0.3 is 0 Å². The Morgan fingerprint density at radius 2 is 1.50 bits per heavy atom. The van der Waals surface area contributed by atoms with Crippen molar-refractivity contribution in [3.63, 3.8) is 0 Å². The third-order valence-electron chi connectivity index (χ3n) is 6.22. The Hall–Kier alpha value is -4.37. The minimum absolute atomic E-state index is 0.914. The Morgan fingerprint density at radius 1 is 0.625 bits per heavy atom. The SMILES string of the molecule is c1cc(-c2ccc3oc4c5ccccc5ccc4c3c2)cc(-c2cn3ccccc3n2)c1. The largest absolute Gasteiger partial charge is 0.455 e. The molecule has 0 saturated carbocycles. The van der Waals surface area contributed by atoms with Crippen LogP contribution in [0.4, 0.5) is 0 Å². The van der Waals surface area contributed by atoms with Gasteiger partial charge in [-0.15, -0.1) is 0 Å². The molecular formula is C29H18N2O. The fourth-order valence-corrected chi connectivity index (χ4v) is 4.62. The summed E-state index contributed by atoms with van der Waals surface area (Å²) in [5.41, 5.74) is 7.22. The molecule has 0 amide bonds. The van der Waals surface area contributed by atoms with Crippen molar-refractivity contribution in [2.75, 3.05) is 0 Å². The van der Waals surface area contributed by atoms with Crippen LogP contribution in [0.1, 0.15) is 0 Å². The fraction of sp³-hybridized carbons (Fsp3) is 0. The minimum Gasteiger partial charge on any atom is -0.455 e. The molecule has 3 aromatic heterocycles. The lowest BCUT2D eigenvalue weighted by atomic mass is 9.99. The molecule has 0 saturated heterocycles. The topological polar surface area (TPSA) is 30.4 Å². The Kier molecular flexibility index (Phi) is 3.55. The molecule has 3 heteroatoms. The molecule has 150 valence electrons. The zero-order valence-corrected chi connectivity index (χ0v) is 17.2. The van der Waals surface area contributed by atoms with E-state index in [2.05, 4.69) is 89.5 Å². The summed E-state index contributed by atoms with van der Waals surface area (Å²) in [5, 5.41) is 4.63. The smallest absolute Gasteiger partial charge is 0.143 e. The third kappa shape index (κ3) is 2.58. The van der Waals surface area contributed by atoms with Crippen molar-refractivity contribution in [1.29, 1.82) is 0 Å². The second-order valence-corrected chi connectivity index (χ2v) is 8.15. The molecule has 32 heavy (non-hydrogen) atoms. The van der Waals surface area contributed by atoms with Crippen molar-refractivity contribution in [3.05, 3.63) is 109 Å². The van der Waals surface area contributed by atoms with Crippen molar-refractivity contribution >= 4 is 38.4 Å². The molecule has 0 aliphatic heterocycles. The highest BCUT2D eigenvalue weighted by molar-refractivity contribution is 6.15. The van der Waals surface area contributed by atoms with Gasteiger partial charge in [0.2, 0.25) is 0 Å². The summed E-state index contributed by atoms with van der Waals surface area (Å²) >= 11 is 0. The number of hydrogen-bond donors (Lipinski definition) is 0. The Labute approximate surface area is 184 Å². The van der Waals surface area contributed by atoms with Crippen LogP contribution >= 0.6 is 0 Å². The van der Waals surface area contributed by atoms with Crippen LogP contribution in [-0.4, -0.2) is 9.38 Å². The lowest BCUT2D eigenvalue weighted by molar-refractivity contribution is 0.672. The number of furan rings is 1. The maximum absolute atomic E-state index is 6.27. The second kappa shape index (κ2) is 6.56. The second-order valence-electron chi connectivity index (χ2n) is 8.15. The summed E-state index contributed by atoms with van der Waals surface area (Å²) in [7, 11) is 0. The molecule has 0 N–H and O–H groups in total. The molecule has 0 radical (unpaired) electrons. The Bertz CT molecular complexity index is 1760. The van der Waals surface area contributed by atoms with Crippen LogP contribution < -0.4 is 0 Å². The van der Waals surface area contributed by atoms with Gasteiger partial charge in [0.1, 0.15) is 16.8 Å². The van der Waals surface area contributed by atoms with Gasteiger partial charge < -0.3 is 8.82 Å². The van der Waals surface area contributed by atoms with Gasteiger partial charge in [-0.05, 0) is 52.9 Å². The van der Waals surface area contributed by atoms with Crippen molar-refractivity contribution in [3.8, 4) is 22.4 Å². The highest BCUT2D eigenvalue weighted by Crippen LogP contribution is 2.36. The molecule has 0 atom stereocenters. The first-order chi connectivity index (χ1) is 15.8. The quantitative estimate of drug-likeness (QED) is 0.292. The van der Waals surface area contributed by atoms with Crippen LogP contribution in [0.25, 0.3) is 60.7 Å². The predicted molar refractivity (Wildman–Crippen MR) is 131 cm³/mol. The monoisotopic (exact) mass is 410 g/mol. The Balaban J connectivity index is 1.38. The number of benzene rings is 4. The van der Waals surface area contributed by atoms with E-state index in [0.29, 0.717) is 0 Å². The summed E-state index contributed by atoms with van der Waals surface area (Å²) in [4.78, 5) is 4.78. The van der Waals surface area contributed by atoms with Crippen LogP contribution in [0.3, 0.4) is 0 Å². The summed E-state index contributed by atoms with van der Waals surface area (Å²) in [5.74, 6) is 0. The van der Waals surface area contributed by atoms with Gasteiger partial charge in [0, 0.05) is 34.1 Å². The number of imidazole rings is 1. The number of aromatic nitrogens is 2. The summed E-state index contributed by atoms with van der Waals surface area (Å²) in [6.45, 7) is 0. The number of pyridine rings is 1. The summed E-state index contributed by atoms with van der Waals surface area (Å²) in [6.07, 6.45) is 4.10. The molecule has 3 heterocycles. The number of hydrogen-bond acceptors (Lipinski definition) is 2. The summed E-state index contributed by atoms with van der Waals surface area (Å²) < 4.78 is 8.32. The fourth-order valence-electron chi connectivity index (χ4n) is 4.62. The summed E-state index contributed by atoms with van der Waals surface area (Å²) in [6, 6.07) is 33.8. The van der Waals surface area contributed by atoms with Gasteiger partial charge in [-0.2, -0.15) is 0 Å². The zero-order chi connectivity index (χ0) is 21.1. The highest BCUT2D eigenvalue weighted by atomic mass is 16.3. The molecule has 0 unspecified atom stereocenters. The average Bonchev–Trinajstić information content (AvgIpc) is 3.45. The lowest BCUT2D eigenvalue weighted by Crippen LogP contribution is -1.81. The molecule has 3 nitrogen and oxygen atoms in total. The Morgan fingerprint density at radius 3 is 2.47 bits per heavy atom. The van der Waals surface area contributed by atoms with Crippen molar-refractivity contribution in [2.45, 2.75) is 0 Å². The number of rotatable bonds is 2. The van der Waals surface area contributed by atoms with Gasteiger partial charge in [0.05, 0.1) is 5.69 Å². The standard InChI is InChI=1S/C29H18N2O/c1-2-9-23-19(6-1)11-13-24-25-17-21(12-14-27(25)32-29(23)24)20-7-5-8-22(16-20)26-18-31-15-4-3-10-28(31)30-26/h1-18H. The van der Waals surface area contributed by atoms with E-state index in [1.54, 1.807) is 0 Å². The van der Waals surface area contributed by atoms with Crippen LogP contribution in [0.2, 0.25) is 0 Å². The zero-order valence-electron chi connectivity index (χ0n) is 17.2. The van der Waals surface area contributed by atoms with Crippen LogP contribution in [0.5, 0.6) is 0 Å². The van der Waals surface area contributed by atoms with Gasteiger partial charge in [0.15, 0.2) is 0 Å². The van der Waals surface area contributed by atoms with Gasteiger partial charge in [0.25, 0.3) is 0 Å². The van der Waals surface area contributed by atoms with E-state index in [4.69, 9.17) is 9.40 Å². The van der Waals surface area contributed by atoms with E-state index in [9.17, 15) is 0 Å². The minimum atomic E-state index is 0.914. The van der Waals surface area contributed by atoms with Crippen LogP contribution in [0, 0.1) is 0 Å².